The summed E-state index contributed by atoms with van der Waals surface area (Å²) in [5, 5.41) is 2.79. The van der Waals surface area contributed by atoms with Gasteiger partial charge in [0.05, 0.1) is 0 Å². The fourth-order valence-corrected chi connectivity index (χ4v) is 2.12. The third-order valence-electron chi connectivity index (χ3n) is 2.44. The van der Waals surface area contributed by atoms with Crippen LogP contribution in [0, 0.1) is 0 Å². The molecule has 3 nitrogen and oxygen atoms in total. The highest BCUT2D eigenvalue weighted by atomic mass is 32.2. The first kappa shape index (κ1) is 16.8. The number of alkyl halides is 2. The number of hydrogen-bond donors (Lipinski definition) is 1. The van der Waals surface area contributed by atoms with Crippen LogP contribution in [-0.4, -0.2) is 30.4 Å². The molecule has 1 rings (SSSR count). The number of carbonyl (C=O) groups excluding carboxylic acids is 1. The van der Waals surface area contributed by atoms with Gasteiger partial charge in [-0.05, 0) is 23.4 Å². The van der Waals surface area contributed by atoms with Crippen LogP contribution >= 0.6 is 11.8 Å². The molecular weight excluding hydrogens is 284 g/mol. The van der Waals surface area contributed by atoms with E-state index in [2.05, 4.69) is 5.32 Å². The van der Waals surface area contributed by atoms with Crippen molar-refractivity contribution in [1.82, 2.24) is 5.32 Å². The zero-order valence-corrected chi connectivity index (χ0v) is 12.2. The van der Waals surface area contributed by atoms with Crippen LogP contribution in [0.3, 0.4) is 0 Å². The highest BCUT2D eigenvalue weighted by Crippen LogP contribution is 2.14. The van der Waals surface area contributed by atoms with E-state index in [9.17, 15) is 13.6 Å². The van der Waals surface area contributed by atoms with Gasteiger partial charge in [0.2, 0.25) is 5.91 Å². The van der Waals surface area contributed by atoms with Gasteiger partial charge in [0.25, 0.3) is 6.43 Å². The molecule has 0 radical (unpaired) electrons. The standard InChI is InChI=1S/C14H19F2NO2S/c1-2-20-7-6-14(18)17-9-11-4-3-5-12(8-11)19-10-13(15)16/h3-5,8,13H,2,6-7,9-10H2,1H3,(H,17,18). The Labute approximate surface area is 122 Å². The third kappa shape index (κ3) is 7.33. The molecule has 0 aromatic heterocycles. The Morgan fingerprint density at radius 1 is 1.45 bits per heavy atom. The molecule has 6 heteroatoms. The second kappa shape index (κ2) is 9.58. The molecule has 1 N–H and O–H groups in total. The Morgan fingerprint density at radius 3 is 2.95 bits per heavy atom. The maximum atomic E-state index is 12.0. The molecule has 1 aromatic carbocycles. The van der Waals surface area contributed by atoms with Gasteiger partial charge in [0.15, 0.2) is 0 Å². The van der Waals surface area contributed by atoms with Crippen LogP contribution in [-0.2, 0) is 11.3 Å². The van der Waals surface area contributed by atoms with Crippen LogP contribution in [0.25, 0.3) is 0 Å². The molecule has 1 amide bonds. The lowest BCUT2D eigenvalue weighted by Gasteiger charge is -2.08. The maximum Gasteiger partial charge on any atom is 0.272 e. The van der Waals surface area contributed by atoms with Gasteiger partial charge >= 0.3 is 0 Å². The lowest BCUT2D eigenvalue weighted by atomic mass is 10.2. The molecule has 0 spiro atoms. The first-order valence-corrected chi connectivity index (χ1v) is 7.61. The van der Waals surface area contributed by atoms with Crippen molar-refractivity contribution in [3.63, 3.8) is 0 Å². The Bertz CT molecular complexity index is 416. The van der Waals surface area contributed by atoms with Gasteiger partial charge in [-0.3, -0.25) is 4.79 Å². The molecule has 112 valence electrons. The van der Waals surface area contributed by atoms with E-state index >= 15 is 0 Å². The van der Waals surface area contributed by atoms with E-state index < -0.39 is 13.0 Å². The van der Waals surface area contributed by atoms with E-state index in [0.717, 1.165) is 17.1 Å². The minimum absolute atomic E-state index is 0.00940. The highest BCUT2D eigenvalue weighted by molar-refractivity contribution is 7.99. The van der Waals surface area contributed by atoms with Crippen molar-refractivity contribution in [2.45, 2.75) is 26.3 Å². The molecule has 0 aliphatic rings. The highest BCUT2D eigenvalue weighted by Gasteiger charge is 2.05. The number of carbonyl (C=O) groups is 1. The number of thioether (sulfide) groups is 1. The molecule has 20 heavy (non-hydrogen) atoms. The predicted molar refractivity (Wildman–Crippen MR) is 77.4 cm³/mol. The SMILES string of the molecule is CCSCCC(=O)NCc1cccc(OCC(F)F)c1. The summed E-state index contributed by atoms with van der Waals surface area (Å²) in [4.78, 5) is 11.5. The quantitative estimate of drug-likeness (QED) is 0.712. The lowest BCUT2D eigenvalue weighted by molar-refractivity contribution is -0.120. The fraction of sp³-hybridized carbons (Fsp3) is 0.500. The van der Waals surface area contributed by atoms with Crippen molar-refractivity contribution >= 4 is 17.7 Å². The van der Waals surface area contributed by atoms with Crippen LogP contribution < -0.4 is 10.1 Å². The predicted octanol–water partition coefficient (Wildman–Crippen LogP) is 3.09. The molecule has 0 bridgehead atoms. The maximum absolute atomic E-state index is 12.0. The summed E-state index contributed by atoms with van der Waals surface area (Å²) in [6.07, 6.45) is -2.01. The minimum Gasteiger partial charge on any atom is -0.488 e. The Balaban J connectivity index is 2.36. The molecule has 0 aliphatic heterocycles. The van der Waals surface area contributed by atoms with Gasteiger partial charge in [-0.25, -0.2) is 8.78 Å². The number of nitrogens with one attached hydrogen (secondary N) is 1. The average Bonchev–Trinajstić information content (AvgIpc) is 2.44. The van der Waals surface area contributed by atoms with Crippen molar-refractivity contribution < 1.29 is 18.3 Å². The summed E-state index contributed by atoms with van der Waals surface area (Å²) in [5.74, 6) is 2.18. The lowest BCUT2D eigenvalue weighted by Crippen LogP contribution is -2.23. The van der Waals surface area contributed by atoms with E-state index in [1.54, 1.807) is 30.0 Å². The second-order valence-corrected chi connectivity index (χ2v) is 5.47. The van der Waals surface area contributed by atoms with Gasteiger partial charge in [-0.1, -0.05) is 19.1 Å². The molecule has 0 saturated carbocycles. The van der Waals surface area contributed by atoms with E-state index in [-0.39, 0.29) is 5.91 Å². The summed E-state index contributed by atoms with van der Waals surface area (Å²) in [6.45, 7) is 1.80. The number of amides is 1. The third-order valence-corrected chi connectivity index (χ3v) is 3.34. The summed E-state index contributed by atoms with van der Waals surface area (Å²) in [6, 6.07) is 6.81. The van der Waals surface area contributed by atoms with E-state index in [1.165, 1.54) is 0 Å². The van der Waals surface area contributed by atoms with Gasteiger partial charge in [-0.15, -0.1) is 0 Å². The van der Waals surface area contributed by atoms with Gasteiger partial charge in [-0.2, -0.15) is 11.8 Å². The number of ether oxygens (including phenoxy) is 1. The van der Waals surface area contributed by atoms with Gasteiger partial charge in [0.1, 0.15) is 12.4 Å². The van der Waals surface area contributed by atoms with Crippen LogP contribution in [0.15, 0.2) is 24.3 Å². The number of halogens is 2. The number of benzene rings is 1. The monoisotopic (exact) mass is 303 g/mol. The van der Waals surface area contributed by atoms with Crippen LogP contribution in [0.1, 0.15) is 18.9 Å². The van der Waals surface area contributed by atoms with Crippen molar-refractivity contribution in [1.29, 1.82) is 0 Å². The molecule has 1 aromatic rings. The molecule has 0 atom stereocenters. The minimum atomic E-state index is -2.49. The van der Waals surface area contributed by atoms with Gasteiger partial charge in [0, 0.05) is 18.7 Å². The van der Waals surface area contributed by atoms with Gasteiger partial charge < -0.3 is 10.1 Å². The second-order valence-electron chi connectivity index (χ2n) is 4.07. The summed E-state index contributed by atoms with van der Waals surface area (Å²) in [5.41, 5.74) is 0.827. The number of hydrogen-bond acceptors (Lipinski definition) is 3. The van der Waals surface area contributed by atoms with E-state index in [4.69, 9.17) is 4.74 Å². The zero-order valence-electron chi connectivity index (χ0n) is 11.4. The topological polar surface area (TPSA) is 38.3 Å². The fourth-order valence-electron chi connectivity index (χ4n) is 1.50. The molecule has 0 saturated heterocycles. The molecular formula is C14H19F2NO2S. The largest absolute Gasteiger partial charge is 0.488 e. The van der Waals surface area contributed by atoms with E-state index in [0.29, 0.717) is 18.7 Å². The van der Waals surface area contributed by atoms with Crippen LogP contribution in [0.2, 0.25) is 0 Å². The first-order chi connectivity index (χ1) is 9.61. The average molecular weight is 303 g/mol. The molecule has 0 unspecified atom stereocenters. The Kier molecular flexibility index (Phi) is 8.02. The number of rotatable bonds is 9. The first-order valence-electron chi connectivity index (χ1n) is 6.46. The van der Waals surface area contributed by atoms with Crippen LogP contribution in [0.4, 0.5) is 8.78 Å². The summed E-state index contributed by atoms with van der Waals surface area (Å²) >= 11 is 1.72. The Hall–Kier alpha value is -1.30. The van der Waals surface area contributed by atoms with Crippen molar-refractivity contribution in [2.75, 3.05) is 18.1 Å². The Morgan fingerprint density at radius 2 is 2.25 bits per heavy atom. The zero-order chi connectivity index (χ0) is 14.8. The molecule has 0 heterocycles. The molecule has 0 aliphatic carbocycles. The van der Waals surface area contributed by atoms with Crippen LogP contribution in [0.5, 0.6) is 5.75 Å². The normalized spacial score (nSPS) is 10.6. The smallest absolute Gasteiger partial charge is 0.272 e. The van der Waals surface area contributed by atoms with E-state index in [1.807, 2.05) is 13.0 Å². The van der Waals surface area contributed by atoms with Crippen molar-refractivity contribution in [2.24, 2.45) is 0 Å². The summed E-state index contributed by atoms with van der Waals surface area (Å²) < 4.78 is 29.0. The molecule has 0 fully saturated rings. The van der Waals surface area contributed by atoms with Crippen molar-refractivity contribution in [3.05, 3.63) is 29.8 Å². The van der Waals surface area contributed by atoms with Crippen molar-refractivity contribution in [3.8, 4) is 5.75 Å². The summed E-state index contributed by atoms with van der Waals surface area (Å²) in [7, 11) is 0.